The molecule has 0 aliphatic heterocycles. The fourth-order valence-electron chi connectivity index (χ4n) is 4.48. The molecule has 2 aliphatic rings. The average molecular weight is 627 g/mol. The van der Waals surface area contributed by atoms with E-state index >= 15 is 0 Å². The Labute approximate surface area is 243 Å². The van der Waals surface area contributed by atoms with Gasteiger partial charge in [0, 0.05) is 63.5 Å². The zero-order chi connectivity index (χ0) is 24.3. The number of hydrogen-bond donors (Lipinski definition) is 5. The van der Waals surface area contributed by atoms with Crippen molar-refractivity contribution in [3.05, 3.63) is 72.2 Å². The Bertz CT molecular complexity index is 954. The predicted octanol–water partition coefficient (Wildman–Crippen LogP) is 5.10. The number of fused-ring (bicyclic) bond motifs is 3. The number of hydroxylamine groups is 1. The third kappa shape index (κ3) is 8.75. The molecule has 0 amide bonds. The number of hydrogen-bond acceptors (Lipinski definition) is 6. The Morgan fingerprint density at radius 1 is 1.31 bits per heavy atom. The number of Topliss-reactive ketones (excluding diaryl/α,β-unsaturated/α-hetero) is 1. The van der Waals surface area contributed by atoms with Crippen LogP contribution in [0.4, 0.5) is 0 Å². The van der Waals surface area contributed by atoms with Gasteiger partial charge in [-0.3, -0.25) is 16.4 Å². The summed E-state index contributed by atoms with van der Waals surface area (Å²) in [7, 11) is 3.08. The van der Waals surface area contributed by atoms with Crippen molar-refractivity contribution in [2.45, 2.75) is 39.5 Å². The smallest absolute Gasteiger partial charge is 1.00 e. The molecule has 192 valence electrons. The van der Waals surface area contributed by atoms with Gasteiger partial charge in [-0.1, -0.05) is 57.7 Å². The summed E-state index contributed by atoms with van der Waals surface area (Å²) >= 11 is 5.50. The first-order valence-electron chi connectivity index (χ1n) is 9.99. The zero-order valence-corrected chi connectivity index (χ0v) is 24.9. The van der Waals surface area contributed by atoms with Gasteiger partial charge in [-0.25, -0.2) is 10.3 Å². The third-order valence-corrected chi connectivity index (χ3v) is 5.76. The van der Waals surface area contributed by atoms with E-state index in [-0.39, 0.29) is 68.1 Å². The maximum absolute atomic E-state index is 12.4. The van der Waals surface area contributed by atoms with Crippen molar-refractivity contribution >= 4 is 57.1 Å². The normalized spacial score (nSPS) is 20.8. The Morgan fingerprint density at radius 2 is 1.83 bits per heavy atom. The molecule has 0 bridgehead atoms. The van der Waals surface area contributed by atoms with Crippen LogP contribution in [-0.2, 0) is 16.6 Å². The van der Waals surface area contributed by atoms with Crippen LogP contribution in [0.3, 0.4) is 0 Å². The minimum absolute atomic E-state index is 0. The first-order chi connectivity index (χ1) is 15.4. The SMILES string of the molecule is BrBr.C.CNN.CNO.[C-]#[N+]C1=C[C@]2(C)c3[nH]nc(-c4ccccc4)c3CC[C@H]2[C@H](C)C1=O.[CH3-].[H-].[Mg+2]. The second kappa shape index (κ2) is 19.1. The van der Waals surface area contributed by atoms with Gasteiger partial charge in [0.2, 0.25) is 5.70 Å². The fourth-order valence-corrected chi connectivity index (χ4v) is 4.48. The summed E-state index contributed by atoms with van der Waals surface area (Å²) in [4.78, 5) is 15.9. The van der Waals surface area contributed by atoms with Crippen molar-refractivity contribution in [2.24, 2.45) is 17.7 Å². The van der Waals surface area contributed by atoms with Gasteiger partial charge in [0.1, 0.15) is 0 Å². The van der Waals surface area contributed by atoms with Crippen LogP contribution >= 0.6 is 28.3 Å². The van der Waals surface area contributed by atoms with Gasteiger partial charge in [0.25, 0.3) is 0 Å². The number of nitrogens with zero attached hydrogens (tertiary/aromatic N) is 2. The molecule has 0 radical (unpaired) electrons. The van der Waals surface area contributed by atoms with Crippen LogP contribution < -0.4 is 16.7 Å². The molecule has 11 heteroatoms. The maximum Gasteiger partial charge on any atom is 2.00 e. The molecule has 0 spiro atoms. The number of aromatic nitrogens is 2. The van der Waals surface area contributed by atoms with Crippen molar-refractivity contribution in [1.29, 1.82) is 0 Å². The molecule has 1 aromatic carbocycles. The minimum Gasteiger partial charge on any atom is -1.00 e. The molecule has 0 saturated heterocycles. The first-order valence-corrected chi connectivity index (χ1v) is 13.7. The first kappa shape index (κ1) is 38.4. The minimum atomic E-state index is -0.333. The van der Waals surface area contributed by atoms with Crippen molar-refractivity contribution < 1.29 is 11.4 Å². The molecule has 3 atom stereocenters. The Hall–Kier alpha value is -1.10. The van der Waals surface area contributed by atoms with Crippen LogP contribution in [0, 0.1) is 25.8 Å². The summed E-state index contributed by atoms with van der Waals surface area (Å²) in [6, 6.07) is 10.2. The van der Waals surface area contributed by atoms with E-state index in [9.17, 15) is 4.79 Å². The largest absolute Gasteiger partial charge is 2.00 e. The second-order valence-electron chi connectivity index (χ2n) is 7.53. The molecule has 2 aliphatic carbocycles. The van der Waals surface area contributed by atoms with E-state index in [1.807, 2.05) is 31.2 Å². The number of benzene rings is 1. The number of aromatic amines is 1. The molecular weight excluding hydrogens is 588 g/mol. The van der Waals surface area contributed by atoms with E-state index in [1.165, 1.54) is 12.6 Å². The van der Waals surface area contributed by atoms with Crippen LogP contribution in [-0.4, -0.2) is 58.3 Å². The Morgan fingerprint density at radius 3 is 2.31 bits per heavy atom. The second-order valence-corrected chi connectivity index (χ2v) is 7.53. The van der Waals surface area contributed by atoms with Crippen molar-refractivity contribution in [1.82, 2.24) is 21.1 Å². The Balaban J connectivity index is -0.000000384. The topological polar surface area (TPSA) is 120 Å². The van der Waals surface area contributed by atoms with Crippen molar-refractivity contribution in [3.8, 4) is 11.3 Å². The number of nitrogens with one attached hydrogen (secondary N) is 3. The van der Waals surface area contributed by atoms with Crippen LogP contribution in [0.1, 0.15) is 40.4 Å². The predicted molar refractivity (Wildman–Crippen MR) is 154 cm³/mol. The number of carbonyl (C=O) groups is 1. The Kier molecular flexibility index (Phi) is 20.9. The van der Waals surface area contributed by atoms with E-state index in [0.29, 0.717) is 0 Å². The van der Waals surface area contributed by atoms with Crippen molar-refractivity contribution in [2.75, 3.05) is 14.1 Å². The molecule has 0 unspecified atom stereocenters. The molecule has 8 nitrogen and oxygen atoms in total. The summed E-state index contributed by atoms with van der Waals surface area (Å²) in [5, 5.41) is 15.1. The van der Waals surface area contributed by atoms with E-state index in [4.69, 9.17) is 11.8 Å². The molecule has 0 saturated carbocycles. The number of allylic oxidation sites excluding steroid dienone is 2. The number of hydrazine groups is 1. The van der Waals surface area contributed by atoms with Crippen LogP contribution in [0.5, 0.6) is 0 Å². The quantitative estimate of drug-likeness (QED) is 0.130. The standard InChI is InChI=1S/C20H19N3O.CH6N2.CH5NO.CH4.CH3.Br2.Mg.H/c1-12-15-10-9-14-17(13-7-5-4-6-8-13)22-23-19(14)20(15,2)11-16(21-3)18(12)24;1-3-2;1-2-3;;;1-2;;/h4-8,11-12,15H,9-10H2,1-2H3,(H,22,23);3H,2H2,1H3;2-3H,1H3;1H4;1H3;;;/q;;;;-1;;+2;-1/t12-,15-,20-;;;;;;;/m0......./s1. The molecule has 2 aromatic rings. The van der Waals surface area contributed by atoms with Crippen LogP contribution in [0.15, 0.2) is 42.1 Å². The van der Waals surface area contributed by atoms with Gasteiger partial charge in [0.05, 0.1) is 12.3 Å². The molecule has 4 rings (SSSR count). The van der Waals surface area contributed by atoms with Crippen LogP contribution in [0.25, 0.3) is 16.1 Å². The number of H-pyrrole nitrogens is 1. The van der Waals surface area contributed by atoms with Gasteiger partial charge in [0.15, 0.2) is 5.78 Å². The summed E-state index contributed by atoms with van der Waals surface area (Å²) in [6.45, 7) is 11.4. The molecule has 1 aromatic heterocycles. The van der Waals surface area contributed by atoms with Crippen LogP contribution in [0.2, 0.25) is 0 Å². The zero-order valence-electron chi connectivity index (χ0n) is 21.3. The molecule has 35 heavy (non-hydrogen) atoms. The molecule has 6 N–H and O–H groups in total. The summed E-state index contributed by atoms with van der Waals surface area (Å²) in [5.74, 6) is 4.67. The van der Waals surface area contributed by atoms with Gasteiger partial charge in [-0.05, 0) is 25.8 Å². The maximum atomic E-state index is 12.4. The number of carbonyl (C=O) groups excluding carboxylic acids is 1. The van der Waals surface area contributed by atoms with E-state index < -0.39 is 0 Å². The molecule has 1 heterocycles. The number of halogens is 2. The number of rotatable bonds is 1. The third-order valence-electron chi connectivity index (χ3n) is 5.76. The number of nitrogens with two attached hydrogens (primary N) is 1. The monoisotopic (exact) mass is 624 g/mol. The van der Waals surface area contributed by atoms with E-state index in [0.717, 1.165) is 29.8 Å². The van der Waals surface area contributed by atoms with Crippen molar-refractivity contribution in [3.63, 3.8) is 0 Å². The summed E-state index contributed by atoms with van der Waals surface area (Å²) in [5.41, 5.74) is 8.32. The van der Waals surface area contributed by atoms with Gasteiger partial charge < -0.3 is 18.9 Å². The summed E-state index contributed by atoms with van der Waals surface area (Å²) in [6.07, 6.45) is 3.73. The van der Waals surface area contributed by atoms with Gasteiger partial charge in [-0.2, -0.15) is 5.10 Å². The van der Waals surface area contributed by atoms with E-state index in [2.05, 4.69) is 73.6 Å². The van der Waals surface area contributed by atoms with Gasteiger partial charge >= 0.3 is 23.1 Å². The van der Waals surface area contributed by atoms with Gasteiger partial charge in [-0.15, -0.1) is 0 Å². The van der Waals surface area contributed by atoms with E-state index in [1.54, 1.807) is 12.5 Å². The molecular formula is C24H38Br2MgN6O2. The number of ketones is 1. The fraction of sp³-hybridized carbons (Fsp3) is 0.417. The average Bonchev–Trinajstić information content (AvgIpc) is 3.25. The summed E-state index contributed by atoms with van der Waals surface area (Å²) < 4.78 is 0. The molecule has 0 fully saturated rings.